The van der Waals surface area contributed by atoms with Gasteiger partial charge in [0.05, 0.1) is 5.69 Å². The van der Waals surface area contributed by atoms with Crippen molar-refractivity contribution in [2.24, 2.45) is 0 Å². The largest absolute Gasteiger partial charge is 0.378 e. The molecule has 1 aromatic carbocycles. The topological polar surface area (TPSA) is 45.2 Å². The summed E-state index contributed by atoms with van der Waals surface area (Å²) in [5.41, 5.74) is 2.71. The van der Waals surface area contributed by atoms with E-state index in [1.54, 1.807) is 0 Å². The van der Waals surface area contributed by atoms with Gasteiger partial charge < -0.3 is 4.90 Å². The van der Waals surface area contributed by atoms with Crippen molar-refractivity contribution in [1.82, 2.24) is 4.98 Å². The van der Waals surface area contributed by atoms with Gasteiger partial charge in [-0.25, -0.2) is 4.98 Å². The molecule has 0 radical (unpaired) electrons. The van der Waals surface area contributed by atoms with Crippen LogP contribution in [0, 0.1) is 0 Å². The molecule has 20 heavy (non-hydrogen) atoms. The third kappa shape index (κ3) is 3.36. The van der Waals surface area contributed by atoms with Crippen LogP contribution in [0.25, 0.3) is 0 Å². The summed E-state index contributed by atoms with van der Waals surface area (Å²) >= 11 is 1.46. The highest BCUT2D eigenvalue weighted by atomic mass is 32.1. The van der Waals surface area contributed by atoms with E-state index in [2.05, 4.69) is 24.1 Å². The van der Waals surface area contributed by atoms with Crippen LogP contribution < -0.4 is 10.2 Å². The second kappa shape index (κ2) is 6.05. The van der Waals surface area contributed by atoms with Gasteiger partial charge in [0, 0.05) is 30.7 Å². The summed E-state index contributed by atoms with van der Waals surface area (Å²) in [4.78, 5) is 18.5. The average molecular weight is 289 g/mol. The maximum Gasteiger partial charge on any atom is 0.257 e. The number of thiazole rings is 1. The molecule has 0 saturated heterocycles. The first-order chi connectivity index (χ1) is 9.47. The summed E-state index contributed by atoms with van der Waals surface area (Å²) in [5, 5.41) is 5.47. The van der Waals surface area contributed by atoms with Gasteiger partial charge in [-0.15, -0.1) is 11.3 Å². The number of carbonyl (C=O) groups excluding carboxylic acids is 1. The summed E-state index contributed by atoms with van der Waals surface area (Å²) < 4.78 is 0. The monoisotopic (exact) mass is 289 g/mol. The number of anilines is 2. The van der Waals surface area contributed by atoms with Crippen LogP contribution in [0.15, 0.2) is 29.6 Å². The van der Waals surface area contributed by atoms with Crippen molar-refractivity contribution in [2.45, 2.75) is 19.8 Å². The van der Waals surface area contributed by atoms with Crippen LogP contribution in [0.1, 0.15) is 35.8 Å². The average Bonchev–Trinajstić information content (AvgIpc) is 2.87. The summed E-state index contributed by atoms with van der Waals surface area (Å²) in [6, 6.07) is 7.50. The Morgan fingerprint density at radius 2 is 1.90 bits per heavy atom. The van der Waals surface area contributed by atoms with Crippen LogP contribution in [-0.2, 0) is 0 Å². The Hall–Kier alpha value is -1.88. The number of hydrogen-bond acceptors (Lipinski definition) is 4. The molecule has 1 amide bonds. The second-order valence-electron chi connectivity index (χ2n) is 5.13. The van der Waals surface area contributed by atoms with E-state index in [0.717, 1.165) is 11.4 Å². The summed E-state index contributed by atoms with van der Waals surface area (Å²) in [5.74, 6) is 0.247. The highest BCUT2D eigenvalue weighted by Gasteiger charge is 2.10. The van der Waals surface area contributed by atoms with Crippen molar-refractivity contribution >= 4 is 28.1 Å². The molecule has 0 aliphatic rings. The number of benzene rings is 1. The molecule has 1 heterocycles. The normalized spacial score (nSPS) is 10.7. The minimum absolute atomic E-state index is 0.125. The number of carbonyl (C=O) groups is 1. The zero-order valence-electron chi connectivity index (χ0n) is 12.2. The van der Waals surface area contributed by atoms with Gasteiger partial charge in [0.1, 0.15) is 0 Å². The number of nitrogens with one attached hydrogen (secondary N) is 1. The van der Waals surface area contributed by atoms with E-state index in [-0.39, 0.29) is 5.91 Å². The minimum Gasteiger partial charge on any atom is -0.378 e. The molecule has 0 unspecified atom stereocenters. The molecule has 0 fully saturated rings. The third-order valence-electron chi connectivity index (χ3n) is 2.98. The first-order valence-electron chi connectivity index (χ1n) is 6.51. The Morgan fingerprint density at radius 1 is 1.25 bits per heavy atom. The van der Waals surface area contributed by atoms with Crippen molar-refractivity contribution in [3.05, 3.63) is 40.9 Å². The first-order valence-corrected chi connectivity index (χ1v) is 7.39. The molecule has 4 nitrogen and oxygen atoms in total. The van der Waals surface area contributed by atoms with Gasteiger partial charge in [-0.2, -0.15) is 0 Å². The predicted octanol–water partition coefficient (Wildman–Crippen LogP) is 3.58. The number of hydrogen-bond donors (Lipinski definition) is 1. The van der Waals surface area contributed by atoms with E-state index >= 15 is 0 Å². The molecule has 2 aromatic rings. The van der Waals surface area contributed by atoms with E-state index in [1.165, 1.54) is 11.3 Å². The van der Waals surface area contributed by atoms with Crippen LogP contribution in [0.3, 0.4) is 0 Å². The van der Waals surface area contributed by atoms with E-state index < -0.39 is 0 Å². The maximum atomic E-state index is 12.1. The van der Waals surface area contributed by atoms with Gasteiger partial charge >= 0.3 is 0 Å². The lowest BCUT2D eigenvalue weighted by atomic mass is 10.2. The molecule has 0 saturated carbocycles. The molecule has 0 aliphatic heterocycles. The number of aromatic nitrogens is 1. The van der Waals surface area contributed by atoms with Gasteiger partial charge in [-0.05, 0) is 30.2 Å². The maximum absolute atomic E-state index is 12.1. The van der Waals surface area contributed by atoms with Crippen LogP contribution in [0.4, 0.5) is 10.8 Å². The Labute approximate surface area is 123 Å². The number of rotatable bonds is 4. The molecule has 0 atom stereocenters. The third-order valence-corrected chi connectivity index (χ3v) is 3.76. The lowest BCUT2D eigenvalue weighted by Gasteiger charge is -2.12. The predicted molar refractivity (Wildman–Crippen MR) is 84.9 cm³/mol. The van der Waals surface area contributed by atoms with Crippen LogP contribution in [0.2, 0.25) is 0 Å². The van der Waals surface area contributed by atoms with Crippen molar-refractivity contribution in [3.8, 4) is 0 Å². The zero-order chi connectivity index (χ0) is 14.7. The Kier molecular flexibility index (Phi) is 4.39. The highest BCUT2D eigenvalue weighted by Crippen LogP contribution is 2.22. The van der Waals surface area contributed by atoms with Crippen LogP contribution in [0.5, 0.6) is 0 Å². The number of nitrogens with zero attached hydrogens (tertiary/aromatic N) is 2. The molecular weight excluding hydrogens is 270 g/mol. The Balaban J connectivity index is 2.07. The summed E-state index contributed by atoms with van der Waals surface area (Å²) in [6.45, 7) is 4.17. The van der Waals surface area contributed by atoms with E-state index in [4.69, 9.17) is 0 Å². The standard InChI is InChI=1S/C15H19N3OS/c1-10(2)13-9-20-15(16-13)17-14(19)11-5-7-12(8-6-11)18(3)4/h5-10H,1-4H3,(H,16,17,19). The molecule has 5 heteroatoms. The fourth-order valence-electron chi connectivity index (χ4n) is 1.69. The second-order valence-corrected chi connectivity index (χ2v) is 5.99. The van der Waals surface area contributed by atoms with Crippen molar-refractivity contribution in [1.29, 1.82) is 0 Å². The molecule has 106 valence electrons. The quantitative estimate of drug-likeness (QED) is 0.935. The van der Waals surface area contributed by atoms with Gasteiger partial charge in [-0.1, -0.05) is 13.8 Å². The van der Waals surface area contributed by atoms with Crippen molar-refractivity contribution < 1.29 is 4.79 Å². The highest BCUT2D eigenvalue weighted by molar-refractivity contribution is 7.14. The first kappa shape index (κ1) is 14.5. The Bertz CT molecular complexity index is 587. The van der Waals surface area contributed by atoms with Gasteiger partial charge in [-0.3, -0.25) is 10.1 Å². The molecule has 2 rings (SSSR count). The van der Waals surface area contributed by atoms with E-state index in [0.29, 0.717) is 16.6 Å². The molecule has 0 bridgehead atoms. The fourth-order valence-corrected chi connectivity index (χ4v) is 2.56. The molecule has 1 N–H and O–H groups in total. The van der Waals surface area contributed by atoms with Gasteiger partial charge in [0.25, 0.3) is 5.91 Å². The number of amides is 1. The zero-order valence-corrected chi connectivity index (χ0v) is 13.0. The smallest absolute Gasteiger partial charge is 0.257 e. The van der Waals surface area contributed by atoms with Gasteiger partial charge in [0.2, 0.25) is 0 Å². The van der Waals surface area contributed by atoms with E-state index in [9.17, 15) is 4.79 Å². The fraction of sp³-hybridized carbons (Fsp3) is 0.333. The molecular formula is C15H19N3OS. The van der Waals surface area contributed by atoms with Crippen molar-refractivity contribution in [2.75, 3.05) is 24.3 Å². The summed E-state index contributed by atoms with van der Waals surface area (Å²) in [7, 11) is 3.94. The lowest BCUT2D eigenvalue weighted by Crippen LogP contribution is -2.13. The van der Waals surface area contributed by atoms with E-state index in [1.807, 2.05) is 48.6 Å². The molecule has 0 aliphatic carbocycles. The molecule has 1 aromatic heterocycles. The van der Waals surface area contributed by atoms with Gasteiger partial charge in [0.15, 0.2) is 5.13 Å². The SMILES string of the molecule is CC(C)c1csc(NC(=O)c2ccc(N(C)C)cc2)n1. The summed E-state index contributed by atoms with van der Waals surface area (Å²) in [6.07, 6.45) is 0. The molecule has 0 spiro atoms. The van der Waals surface area contributed by atoms with Crippen LogP contribution in [-0.4, -0.2) is 25.0 Å². The lowest BCUT2D eigenvalue weighted by molar-refractivity contribution is 0.102. The minimum atomic E-state index is -0.125. The van der Waals surface area contributed by atoms with Crippen LogP contribution >= 0.6 is 11.3 Å². The van der Waals surface area contributed by atoms with Crippen molar-refractivity contribution in [3.63, 3.8) is 0 Å². The Morgan fingerprint density at radius 3 is 2.40 bits per heavy atom.